The number of aryl methyl sites for hydroxylation is 1. The average molecular weight is 275 g/mol. The van der Waals surface area contributed by atoms with Crippen molar-refractivity contribution in [3.05, 3.63) is 35.1 Å². The van der Waals surface area contributed by atoms with Crippen molar-refractivity contribution >= 4 is 18.3 Å². The van der Waals surface area contributed by atoms with Crippen molar-refractivity contribution in [3.8, 4) is 0 Å². The normalized spacial score (nSPS) is 11.6. The molecule has 0 aliphatic heterocycles. The summed E-state index contributed by atoms with van der Waals surface area (Å²) >= 11 is 0. The Kier molecular flexibility index (Phi) is 7.55. The SMILES string of the molecule is CNCC(C)C(=O)NCc1ccc(C)c(F)c1.Cl. The van der Waals surface area contributed by atoms with Gasteiger partial charge in [0.05, 0.1) is 0 Å². The lowest BCUT2D eigenvalue weighted by Crippen LogP contribution is -2.33. The van der Waals surface area contributed by atoms with Gasteiger partial charge >= 0.3 is 0 Å². The summed E-state index contributed by atoms with van der Waals surface area (Å²) in [6, 6.07) is 4.99. The van der Waals surface area contributed by atoms with Crippen molar-refractivity contribution in [2.24, 2.45) is 5.92 Å². The average Bonchev–Trinajstić information content (AvgIpc) is 2.30. The van der Waals surface area contributed by atoms with Gasteiger partial charge in [-0.3, -0.25) is 4.79 Å². The molecule has 0 radical (unpaired) electrons. The second kappa shape index (κ2) is 8.06. The van der Waals surface area contributed by atoms with Gasteiger partial charge in [0.15, 0.2) is 0 Å². The number of nitrogens with one attached hydrogen (secondary N) is 2. The van der Waals surface area contributed by atoms with Crippen LogP contribution in [0.15, 0.2) is 18.2 Å². The summed E-state index contributed by atoms with van der Waals surface area (Å²) in [5.74, 6) is -0.351. The maximum Gasteiger partial charge on any atom is 0.224 e. The standard InChI is InChI=1S/C13H19FN2O.ClH/c1-9-4-5-11(6-12(9)14)8-16-13(17)10(2)7-15-3;/h4-6,10,15H,7-8H2,1-3H3,(H,16,17);1H. The van der Waals surface area contributed by atoms with Crippen LogP contribution in [0, 0.1) is 18.7 Å². The van der Waals surface area contributed by atoms with Crippen LogP contribution in [0.2, 0.25) is 0 Å². The van der Waals surface area contributed by atoms with Gasteiger partial charge in [-0.05, 0) is 31.2 Å². The van der Waals surface area contributed by atoms with E-state index < -0.39 is 0 Å². The maximum atomic E-state index is 13.3. The van der Waals surface area contributed by atoms with Crippen LogP contribution in [0.1, 0.15) is 18.1 Å². The van der Waals surface area contributed by atoms with E-state index >= 15 is 0 Å². The number of hydrogen-bond acceptors (Lipinski definition) is 2. The van der Waals surface area contributed by atoms with E-state index in [1.165, 1.54) is 6.07 Å². The largest absolute Gasteiger partial charge is 0.352 e. The number of halogens is 2. The highest BCUT2D eigenvalue weighted by atomic mass is 35.5. The lowest BCUT2D eigenvalue weighted by atomic mass is 10.1. The van der Waals surface area contributed by atoms with Gasteiger partial charge in [-0.25, -0.2) is 4.39 Å². The van der Waals surface area contributed by atoms with E-state index in [4.69, 9.17) is 0 Å². The molecule has 0 spiro atoms. The Morgan fingerprint density at radius 3 is 2.67 bits per heavy atom. The van der Waals surface area contributed by atoms with Crippen LogP contribution in [0.25, 0.3) is 0 Å². The van der Waals surface area contributed by atoms with E-state index in [2.05, 4.69) is 10.6 Å². The smallest absolute Gasteiger partial charge is 0.224 e. The minimum Gasteiger partial charge on any atom is -0.352 e. The first kappa shape index (κ1) is 16.9. The Bertz CT molecular complexity index is 399. The highest BCUT2D eigenvalue weighted by Crippen LogP contribution is 2.09. The lowest BCUT2D eigenvalue weighted by molar-refractivity contribution is -0.124. The summed E-state index contributed by atoms with van der Waals surface area (Å²) in [4.78, 5) is 11.6. The van der Waals surface area contributed by atoms with Crippen molar-refractivity contribution in [1.82, 2.24) is 10.6 Å². The molecular weight excluding hydrogens is 255 g/mol. The zero-order valence-corrected chi connectivity index (χ0v) is 11.7. The summed E-state index contributed by atoms with van der Waals surface area (Å²) in [5, 5.41) is 5.73. The highest BCUT2D eigenvalue weighted by molar-refractivity contribution is 5.85. The van der Waals surface area contributed by atoms with E-state index in [0.717, 1.165) is 5.56 Å². The molecule has 0 saturated heterocycles. The topological polar surface area (TPSA) is 41.1 Å². The number of benzene rings is 1. The second-order valence-corrected chi connectivity index (χ2v) is 4.26. The van der Waals surface area contributed by atoms with E-state index in [0.29, 0.717) is 18.7 Å². The first-order valence-electron chi connectivity index (χ1n) is 5.72. The third-order valence-electron chi connectivity index (χ3n) is 2.66. The number of carbonyl (C=O) groups is 1. The van der Waals surface area contributed by atoms with Crippen LogP contribution in [0.4, 0.5) is 4.39 Å². The van der Waals surface area contributed by atoms with Gasteiger partial charge in [0.1, 0.15) is 5.82 Å². The lowest BCUT2D eigenvalue weighted by Gasteiger charge is -2.11. The molecule has 1 rings (SSSR count). The van der Waals surface area contributed by atoms with Crippen molar-refractivity contribution in [3.63, 3.8) is 0 Å². The number of rotatable bonds is 5. The number of hydrogen-bond donors (Lipinski definition) is 2. The minimum atomic E-state index is -0.236. The van der Waals surface area contributed by atoms with Crippen molar-refractivity contribution in [1.29, 1.82) is 0 Å². The molecule has 0 aromatic heterocycles. The van der Waals surface area contributed by atoms with Gasteiger partial charge < -0.3 is 10.6 Å². The van der Waals surface area contributed by atoms with Crippen LogP contribution in [0.3, 0.4) is 0 Å². The molecule has 102 valence electrons. The molecule has 2 N–H and O–H groups in total. The molecular formula is C13H20ClFN2O. The first-order chi connectivity index (χ1) is 8.04. The second-order valence-electron chi connectivity index (χ2n) is 4.26. The summed E-state index contributed by atoms with van der Waals surface area (Å²) < 4.78 is 13.3. The van der Waals surface area contributed by atoms with Gasteiger partial charge in [0.25, 0.3) is 0 Å². The number of carbonyl (C=O) groups excluding carboxylic acids is 1. The van der Waals surface area contributed by atoms with Crippen LogP contribution in [-0.2, 0) is 11.3 Å². The summed E-state index contributed by atoms with van der Waals surface area (Å²) in [7, 11) is 1.80. The van der Waals surface area contributed by atoms with Crippen LogP contribution in [-0.4, -0.2) is 19.5 Å². The van der Waals surface area contributed by atoms with E-state index in [1.54, 1.807) is 20.0 Å². The Balaban J connectivity index is 0.00000289. The minimum absolute atomic E-state index is 0. The molecule has 0 aliphatic rings. The molecule has 0 aliphatic carbocycles. The zero-order valence-electron chi connectivity index (χ0n) is 10.9. The fourth-order valence-corrected chi connectivity index (χ4v) is 1.51. The molecule has 0 heterocycles. The number of amides is 1. The van der Waals surface area contributed by atoms with Gasteiger partial charge in [-0.2, -0.15) is 0 Å². The van der Waals surface area contributed by atoms with Gasteiger partial charge in [0.2, 0.25) is 5.91 Å². The van der Waals surface area contributed by atoms with Crippen LogP contribution >= 0.6 is 12.4 Å². The molecule has 3 nitrogen and oxygen atoms in total. The third-order valence-corrected chi connectivity index (χ3v) is 2.66. The predicted octanol–water partition coefficient (Wildman–Crippen LogP) is 2.03. The molecule has 1 aromatic rings. The zero-order chi connectivity index (χ0) is 12.8. The third kappa shape index (κ3) is 5.02. The Morgan fingerprint density at radius 1 is 1.44 bits per heavy atom. The molecule has 0 bridgehead atoms. The molecule has 0 saturated carbocycles. The van der Waals surface area contributed by atoms with Crippen molar-refractivity contribution in [2.45, 2.75) is 20.4 Å². The van der Waals surface area contributed by atoms with Gasteiger partial charge in [0, 0.05) is 19.0 Å². The monoisotopic (exact) mass is 274 g/mol. The fraction of sp³-hybridized carbons (Fsp3) is 0.462. The van der Waals surface area contributed by atoms with Gasteiger partial charge in [-0.1, -0.05) is 19.1 Å². The maximum absolute atomic E-state index is 13.3. The van der Waals surface area contributed by atoms with E-state index in [-0.39, 0.29) is 30.0 Å². The molecule has 1 atom stereocenters. The molecule has 1 unspecified atom stereocenters. The molecule has 1 amide bonds. The van der Waals surface area contributed by atoms with Crippen LogP contribution in [0.5, 0.6) is 0 Å². The molecule has 5 heteroatoms. The molecule has 1 aromatic carbocycles. The molecule has 18 heavy (non-hydrogen) atoms. The van der Waals surface area contributed by atoms with Gasteiger partial charge in [-0.15, -0.1) is 12.4 Å². The van der Waals surface area contributed by atoms with Crippen LogP contribution < -0.4 is 10.6 Å². The summed E-state index contributed by atoms with van der Waals surface area (Å²) in [5.41, 5.74) is 1.39. The summed E-state index contributed by atoms with van der Waals surface area (Å²) in [6.07, 6.45) is 0. The Morgan fingerprint density at radius 2 is 2.11 bits per heavy atom. The quantitative estimate of drug-likeness (QED) is 0.863. The van der Waals surface area contributed by atoms with E-state index in [1.807, 2.05) is 13.0 Å². The van der Waals surface area contributed by atoms with Crippen molar-refractivity contribution < 1.29 is 9.18 Å². The Hall–Kier alpha value is -1.13. The van der Waals surface area contributed by atoms with E-state index in [9.17, 15) is 9.18 Å². The fourth-order valence-electron chi connectivity index (χ4n) is 1.51. The molecule has 0 fully saturated rings. The highest BCUT2D eigenvalue weighted by Gasteiger charge is 2.11. The Labute approximate surface area is 114 Å². The summed E-state index contributed by atoms with van der Waals surface area (Å²) in [6.45, 7) is 4.56. The first-order valence-corrected chi connectivity index (χ1v) is 5.72. The predicted molar refractivity (Wildman–Crippen MR) is 73.3 cm³/mol. The van der Waals surface area contributed by atoms with Crippen molar-refractivity contribution in [2.75, 3.05) is 13.6 Å².